The van der Waals surface area contributed by atoms with E-state index >= 15 is 0 Å². The lowest BCUT2D eigenvalue weighted by atomic mass is 10.1. The molecule has 1 fully saturated rings. The quantitative estimate of drug-likeness (QED) is 0.768. The van der Waals surface area contributed by atoms with Gasteiger partial charge in [-0.05, 0) is 62.1 Å². The third kappa shape index (κ3) is 5.08. The highest BCUT2D eigenvalue weighted by atomic mass is 16.5. The molecule has 1 aliphatic heterocycles. The van der Waals surface area contributed by atoms with E-state index in [1.807, 2.05) is 19.9 Å². The zero-order valence-corrected chi connectivity index (χ0v) is 15.6. The lowest BCUT2D eigenvalue weighted by Crippen LogP contribution is -2.38. The smallest absolute Gasteiger partial charge is 0.268 e. The molecule has 3 rings (SSSR count). The van der Waals surface area contributed by atoms with E-state index in [1.54, 1.807) is 24.3 Å². The lowest BCUT2D eigenvalue weighted by molar-refractivity contribution is -0.118. The van der Waals surface area contributed by atoms with Crippen molar-refractivity contribution in [3.63, 3.8) is 0 Å². The van der Waals surface area contributed by atoms with Crippen molar-refractivity contribution in [1.82, 2.24) is 10.6 Å². The van der Waals surface area contributed by atoms with E-state index in [0.717, 1.165) is 30.6 Å². The average molecular weight is 368 g/mol. The van der Waals surface area contributed by atoms with Crippen molar-refractivity contribution in [2.75, 3.05) is 13.2 Å². The van der Waals surface area contributed by atoms with E-state index in [4.69, 9.17) is 9.15 Å². The maximum Gasteiger partial charge on any atom is 0.268 e. The van der Waals surface area contributed by atoms with Crippen molar-refractivity contribution >= 4 is 17.9 Å². The molecule has 0 aliphatic carbocycles. The summed E-state index contributed by atoms with van der Waals surface area (Å²) in [6.07, 6.45) is 4.98. The van der Waals surface area contributed by atoms with Gasteiger partial charge >= 0.3 is 0 Å². The van der Waals surface area contributed by atoms with Crippen LogP contribution in [0, 0.1) is 13.8 Å². The van der Waals surface area contributed by atoms with E-state index in [-0.39, 0.29) is 23.6 Å². The fourth-order valence-corrected chi connectivity index (χ4v) is 2.86. The van der Waals surface area contributed by atoms with E-state index in [9.17, 15) is 9.59 Å². The molecule has 1 saturated heterocycles. The second kappa shape index (κ2) is 8.68. The van der Waals surface area contributed by atoms with Gasteiger partial charge in [0.05, 0.1) is 12.4 Å². The summed E-state index contributed by atoms with van der Waals surface area (Å²) in [5.74, 6) is -0.236. The summed E-state index contributed by atoms with van der Waals surface area (Å²) >= 11 is 0. The minimum absolute atomic E-state index is 0.0225. The Balaban J connectivity index is 1.73. The van der Waals surface area contributed by atoms with Crippen LogP contribution in [0.15, 0.2) is 46.7 Å². The number of carbonyl (C=O) groups excluding carboxylic acids is 2. The molecule has 0 bridgehead atoms. The van der Waals surface area contributed by atoms with E-state index in [0.29, 0.717) is 17.9 Å². The average Bonchev–Trinajstić information content (AvgIpc) is 3.35. The zero-order chi connectivity index (χ0) is 19.2. The molecule has 0 radical (unpaired) electrons. The number of aryl methyl sites for hydroxylation is 2. The Morgan fingerprint density at radius 1 is 1.22 bits per heavy atom. The van der Waals surface area contributed by atoms with Gasteiger partial charge < -0.3 is 19.8 Å². The van der Waals surface area contributed by atoms with Crippen LogP contribution in [0.25, 0.3) is 6.08 Å². The van der Waals surface area contributed by atoms with Gasteiger partial charge in [-0.25, -0.2) is 0 Å². The second-order valence-corrected chi connectivity index (χ2v) is 6.67. The Morgan fingerprint density at radius 3 is 2.74 bits per heavy atom. The highest BCUT2D eigenvalue weighted by Gasteiger charge is 2.19. The molecule has 2 amide bonds. The maximum absolute atomic E-state index is 12.6. The number of ether oxygens (including phenoxy) is 1. The lowest BCUT2D eigenvalue weighted by Gasteiger charge is -2.14. The van der Waals surface area contributed by atoms with Gasteiger partial charge in [0.1, 0.15) is 11.5 Å². The highest BCUT2D eigenvalue weighted by Crippen LogP contribution is 2.13. The standard InChI is InChI=1S/C21H24N2O4/c1-14-7-8-16(11-15(14)2)20(24)23-19(12-17-5-3-9-26-17)21(25)22-13-18-6-4-10-27-18/h3,5,7-9,11-12,18H,4,6,10,13H2,1-2H3,(H,22,25)(H,23,24)/b19-12+/t18-/m1/s1. The van der Waals surface area contributed by atoms with Gasteiger partial charge in [-0.2, -0.15) is 0 Å². The van der Waals surface area contributed by atoms with Crippen molar-refractivity contribution in [3.05, 3.63) is 64.7 Å². The molecule has 1 aromatic heterocycles. The summed E-state index contributed by atoms with van der Waals surface area (Å²) in [5.41, 5.74) is 2.75. The fourth-order valence-electron chi connectivity index (χ4n) is 2.86. The maximum atomic E-state index is 12.6. The largest absolute Gasteiger partial charge is 0.465 e. The molecule has 2 heterocycles. The molecular formula is C21H24N2O4. The van der Waals surface area contributed by atoms with E-state index in [2.05, 4.69) is 10.6 Å². The minimum Gasteiger partial charge on any atom is -0.465 e. The SMILES string of the molecule is Cc1ccc(C(=O)N/C(=C/c2ccco2)C(=O)NC[C@H]2CCCO2)cc1C. The first-order chi connectivity index (χ1) is 13.0. The van der Waals surface area contributed by atoms with Crippen LogP contribution in [-0.2, 0) is 9.53 Å². The van der Waals surface area contributed by atoms with E-state index in [1.165, 1.54) is 12.3 Å². The summed E-state index contributed by atoms with van der Waals surface area (Å²) < 4.78 is 10.8. The number of benzene rings is 1. The summed E-state index contributed by atoms with van der Waals surface area (Å²) in [6.45, 7) is 5.06. The van der Waals surface area contributed by atoms with Crippen molar-refractivity contribution in [2.45, 2.75) is 32.8 Å². The number of carbonyl (C=O) groups is 2. The summed E-state index contributed by atoms with van der Waals surface area (Å²) in [6, 6.07) is 8.87. The second-order valence-electron chi connectivity index (χ2n) is 6.67. The van der Waals surface area contributed by atoms with Gasteiger partial charge in [-0.1, -0.05) is 6.07 Å². The molecule has 0 spiro atoms. The number of rotatable bonds is 6. The molecular weight excluding hydrogens is 344 g/mol. The number of nitrogens with one attached hydrogen (secondary N) is 2. The Labute approximate surface area is 158 Å². The first-order valence-corrected chi connectivity index (χ1v) is 9.06. The van der Waals surface area contributed by atoms with Crippen LogP contribution in [0.4, 0.5) is 0 Å². The van der Waals surface area contributed by atoms with Crippen molar-refractivity contribution < 1.29 is 18.7 Å². The summed E-state index contributed by atoms with van der Waals surface area (Å²) in [4.78, 5) is 25.2. The van der Waals surface area contributed by atoms with Gasteiger partial charge in [0.15, 0.2) is 0 Å². The molecule has 142 valence electrons. The van der Waals surface area contributed by atoms with Gasteiger partial charge in [0, 0.05) is 24.8 Å². The van der Waals surface area contributed by atoms with Crippen LogP contribution in [-0.4, -0.2) is 31.1 Å². The molecule has 1 atom stereocenters. The van der Waals surface area contributed by atoms with Crippen molar-refractivity contribution in [1.29, 1.82) is 0 Å². The van der Waals surface area contributed by atoms with Crippen LogP contribution in [0.2, 0.25) is 0 Å². The van der Waals surface area contributed by atoms with Crippen LogP contribution in [0.3, 0.4) is 0 Å². The Bertz CT molecular complexity index is 834. The molecule has 2 aromatic rings. The molecule has 2 N–H and O–H groups in total. The predicted octanol–water partition coefficient (Wildman–Crippen LogP) is 2.96. The molecule has 6 nitrogen and oxygen atoms in total. The van der Waals surface area contributed by atoms with Crippen LogP contribution in [0.5, 0.6) is 0 Å². The first kappa shape index (κ1) is 18.9. The third-order valence-corrected chi connectivity index (χ3v) is 4.61. The Hall–Kier alpha value is -2.86. The Kier molecular flexibility index (Phi) is 6.08. The minimum atomic E-state index is -0.376. The number of hydrogen-bond acceptors (Lipinski definition) is 4. The molecule has 0 saturated carbocycles. The van der Waals surface area contributed by atoms with E-state index < -0.39 is 0 Å². The highest BCUT2D eigenvalue weighted by molar-refractivity contribution is 6.05. The molecule has 27 heavy (non-hydrogen) atoms. The van der Waals surface area contributed by atoms with Gasteiger partial charge in [0.25, 0.3) is 11.8 Å². The number of amides is 2. The summed E-state index contributed by atoms with van der Waals surface area (Å²) in [7, 11) is 0. The molecule has 0 unspecified atom stereocenters. The van der Waals surface area contributed by atoms with Gasteiger partial charge in [-0.3, -0.25) is 9.59 Å². The van der Waals surface area contributed by atoms with Crippen LogP contribution in [0.1, 0.15) is 40.1 Å². The molecule has 1 aromatic carbocycles. The predicted molar refractivity (Wildman–Crippen MR) is 102 cm³/mol. The number of hydrogen-bond donors (Lipinski definition) is 2. The summed E-state index contributed by atoms with van der Waals surface area (Å²) in [5, 5.41) is 5.53. The third-order valence-electron chi connectivity index (χ3n) is 4.61. The van der Waals surface area contributed by atoms with Crippen LogP contribution < -0.4 is 10.6 Å². The van der Waals surface area contributed by atoms with Crippen molar-refractivity contribution in [2.24, 2.45) is 0 Å². The monoisotopic (exact) mass is 368 g/mol. The Morgan fingerprint density at radius 2 is 2.07 bits per heavy atom. The normalized spacial score (nSPS) is 17.0. The van der Waals surface area contributed by atoms with Gasteiger partial charge in [-0.15, -0.1) is 0 Å². The number of furan rings is 1. The molecule has 1 aliphatic rings. The first-order valence-electron chi connectivity index (χ1n) is 9.06. The fraction of sp³-hybridized carbons (Fsp3) is 0.333. The van der Waals surface area contributed by atoms with Crippen molar-refractivity contribution in [3.8, 4) is 0 Å². The van der Waals surface area contributed by atoms with Crippen LogP contribution >= 0.6 is 0 Å². The zero-order valence-electron chi connectivity index (χ0n) is 15.6. The van der Waals surface area contributed by atoms with Gasteiger partial charge in [0.2, 0.25) is 0 Å². The molecule has 6 heteroatoms. The topological polar surface area (TPSA) is 80.6 Å².